The van der Waals surface area contributed by atoms with Gasteiger partial charge in [0.05, 0.1) is 22.6 Å². The van der Waals surface area contributed by atoms with Crippen molar-refractivity contribution in [2.75, 3.05) is 7.11 Å². The van der Waals surface area contributed by atoms with E-state index in [9.17, 15) is 14.5 Å². The second-order valence-corrected chi connectivity index (χ2v) is 5.01. The molecule has 2 aromatic carbocycles. The molecule has 5 nitrogen and oxygen atoms in total. The van der Waals surface area contributed by atoms with Crippen LogP contribution in [-0.2, 0) is 6.61 Å². The minimum Gasteiger partial charge on any atom is -0.497 e. The maximum absolute atomic E-state index is 13.3. The van der Waals surface area contributed by atoms with Crippen LogP contribution in [0.3, 0.4) is 0 Å². The summed E-state index contributed by atoms with van der Waals surface area (Å²) >= 11 is 3.33. The minimum absolute atomic E-state index is 0.0174. The highest BCUT2D eigenvalue weighted by molar-refractivity contribution is 9.10. The number of ether oxygens (including phenoxy) is 2. The number of hydrogen-bond acceptors (Lipinski definition) is 4. The third kappa shape index (κ3) is 3.91. The topological polar surface area (TPSA) is 61.6 Å². The fourth-order valence-electron chi connectivity index (χ4n) is 1.71. The van der Waals surface area contributed by atoms with Crippen LogP contribution < -0.4 is 9.47 Å². The number of methoxy groups -OCH3 is 1. The summed E-state index contributed by atoms with van der Waals surface area (Å²) in [6, 6.07) is 8.48. The molecule has 0 aliphatic carbocycles. The van der Waals surface area contributed by atoms with Crippen molar-refractivity contribution in [1.82, 2.24) is 0 Å². The predicted octanol–water partition coefficient (Wildman–Crippen LogP) is 4.08. The molecule has 0 aromatic heterocycles. The minimum atomic E-state index is -0.670. The van der Waals surface area contributed by atoms with Crippen LogP contribution in [-0.4, -0.2) is 12.0 Å². The molecule has 0 aliphatic rings. The summed E-state index contributed by atoms with van der Waals surface area (Å²) in [4.78, 5) is 10.0. The van der Waals surface area contributed by atoms with Crippen LogP contribution >= 0.6 is 15.9 Å². The molecule has 21 heavy (non-hydrogen) atoms. The largest absolute Gasteiger partial charge is 0.497 e. The van der Waals surface area contributed by atoms with Gasteiger partial charge >= 0.3 is 0 Å². The first-order valence-electron chi connectivity index (χ1n) is 5.90. The summed E-state index contributed by atoms with van der Waals surface area (Å²) in [5.74, 6) is 0.523. The SMILES string of the molecule is COc1ccc(OCc2cc(F)cc([N+](=O)[O-])c2)c(Br)c1. The van der Waals surface area contributed by atoms with E-state index >= 15 is 0 Å². The lowest BCUT2D eigenvalue weighted by Gasteiger charge is -2.09. The van der Waals surface area contributed by atoms with Crippen molar-refractivity contribution in [3.8, 4) is 11.5 Å². The number of nitro groups is 1. The van der Waals surface area contributed by atoms with Gasteiger partial charge in [0.15, 0.2) is 0 Å². The smallest absolute Gasteiger partial charge is 0.272 e. The number of hydrogen-bond donors (Lipinski definition) is 0. The van der Waals surface area contributed by atoms with Gasteiger partial charge in [-0.3, -0.25) is 10.1 Å². The van der Waals surface area contributed by atoms with Gasteiger partial charge in [0.25, 0.3) is 5.69 Å². The average molecular weight is 356 g/mol. The molecule has 0 radical (unpaired) electrons. The molecule has 7 heteroatoms. The van der Waals surface area contributed by atoms with Crippen LogP contribution in [0.15, 0.2) is 40.9 Å². The Morgan fingerprint density at radius 1 is 1.29 bits per heavy atom. The number of halogens is 2. The molecule has 0 N–H and O–H groups in total. The number of non-ortho nitro benzene ring substituents is 1. The normalized spacial score (nSPS) is 10.2. The lowest BCUT2D eigenvalue weighted by molar-refractivity contribution is -0.385. The summed E-state index contributed by atoms with van der Waals surface area (Å²) in [5.41, 5.74) is 0.0758. The van der Waals surface area contributed by atoms with E-state index in [0.29, 0.717) is 21.5 Å². The molecular formula is C14H11BrFNO4. The van der Waals surface area contributed by atoms with Gasteiger partial charge in [0.1, 0.15) is 23.9 Å². The quantitative estimate of drug-likeness (QED) is 0.598. The van der Waals surface area contributed by atoms with Gasteiger partial charge in [-0.25, -0.2) is 4.39 Å². The number of benzene rings is 2. The Labute approximate surface area is 128 Å². The highest BCUT2D eigenvalue weighted by atomic mass is 79.9. The van der Waals surface area contributed by atoms with Crippen LogP contribution in [0.5, 0.6) is 11.5 Å². The van der Waals surface area contributed by atoms with Gasteiger partial charge in [-0.1, -0.05) is 0 Å². The second kappa shape index (κ2) is 6.53. The van der Waals surface area contributed by atoms with Crippen molar-refractivity contribution in [3.63, 3.8) is 0 Å². The van der Waals surface area contributed by atoms with Crippen molar-refractivity contribution in [2.24, 2.45) is 0 Å². The van der Waals surface area contributed by atoms with E-state index in [4.69, 9.17) is 9.47 Å². The molecule has 0 atom stereocenters. The van der Waals surface area contributed by atoms with E-state index in [-0.39, 0.29) is 12.3 Å². The fourth-order valence-corrected chi connectivity index (χ4v) is 2.18. The van der Waals surface area contributed by atoms with Crippen molar-refractivity contribution in [3.05, 3.63) is 62.4 Å². The first-order chi connectivity index (χ1) is 9.99. The summed E-state index contributed by atoms with van der Waals surface area (Å²) in [6.45, 7) is 0.0174. The molecule has 0 saturated heterocycles. The predicted molar refractivity (Wildman–Crippen MR) is 78.1 cm³/mol. The highest BCUT2D eigenvalue weighted by Gasteiger charge is 2.11. The lowest BCUT2D eigenvalue weighted by Crippen LogP contribution is -1.99. The molecule has 0 amide bonds. The van der Waals surface area contributed by atoms with Crippen LogP contribution in [0.2, 0.25) is 0 Å². The highest BCUT2D eigenvalue weighted by Crippen LogP contribution is 2.30. The van der Waals surface area contributed by atoms with Gasteiger partial charge < -0.3 is 9.47 Å². The number of rotatable bonds is 5. The summed E-state index contributed by atoms with van der Waals surface area (Å²) < 4.78 is 24.6. The van der Waals surface area contributed by atoms with Gasteiger partial charge in [-0.2, -0.15) is 0 Å². The van der Waals surface area contributed by atoms with Crippen LogP contribution in [0.25, 0.3) is 0 Å². The number of nitro benzene ring substituents is 1. The van der Waals surface area contributed by atoms with Crippen molar-refractivity contribution < 1.29 is 18.8 Å². The van der Waals surface area contributed by atoms with Crippen LogP contribution in [0.1, 0.15) is 5.56 Å². The second-order valence-electron chi connectivity index (χ2n) is 4.16. The standard InChI is InChI=1S/C14H11BrFNO4/c1-20-12-2-3-14(13(15)7-12)21-8-9-4-10(16)6-11(5-9)17(18)19/h2-7H,8H2,1H3. The molecule has 2 rings (SSSR count). The molecule has 0 fully saturated rings. The Morgan fingerprint density at radius 3 is 2.67 bits per heavy atom. The summed E-state index contributed by atoms with van der Waals surface area (Å²) in [7, 11) is 1.55. The zero-order valence-electron chi connectivity index (χ0n) is 11.0. The maximum atomic E-state index is 13.3. The molecule has 0 unspecified atom stereocenters. The molecule has 2 aromatic rings. The molecule has 110 valence electrons. The molecule has 0 bridgehead atoms. The van der Waals surface area contributed by atoms with E-state index in [1.165, 1.54) is 12.1 Å². The zero-order chi connectivity index (χ0) is 15.4. The van der Waals surface area contributed by atoms with Gasteiger partial charge in [-0.15, -0.1) is 0 Å². The van der Waals surface area contributed by atoms with Crippen LogP contribution in [0, 0.1) is 15.9 Å². The Bertz CT molecular complexity index is 678. The maximum Gasteiger partial charge on any atom is 0.272 e. The fraction of sp³-hybridized carbons (Fsp3) is 0.143. The Kier molecular flexibility index (Phi) is 4.74. The Balaban J connectivity index is 2.14. The first-order valence-corrected chi connectivity index (χ1v) is 6.69. The molecule has 0 saturated carbocycles. The monoisotopic (exact) mass is 355 g/mol. The molecular weight excluding hydrogens is 345 g/mol. The van der Waals surface area contributed by atoms with E-state index in [2.05, 4.69) is 15.9 Å². The van der Waals surface area contributed by atoms with Crippen molar-refractivity contribution >= 4 is 21.6 Å². The molecule has 0 heterocycles. The van der Waals surface area contributed by atoms with E-state index < -0.39 is 10.7 Å². The van der Waals surface area contributed by atoms with Crippen LogP contribution in [0.4, 0.5) is 10.1 Å². The third-order valence-corrected chi connectivity index (χ3v) is 3.31. The Hall–Kier alpha value is -2.15. The molecule has 0 aliphatic heterocycles. The van der Waals surface area contributed by atoms with Gasteiger partial charge in [0.2, 0.25) is 0 Å². The summed E-state index contributed by atoms with van der Waals surface area (Å²) in [6.07, 6.45) is 0. The molecule has 0 spiro atoms. The van der Waals surface area contributed by atoms with Gasteiger partial charge in [0, 0.05) is 6.07 Å². The summed E-state index contributed by atoms with van der Waals surface area (Å²) in [5, 5.41) is 10.7. The third-order valence-electron chi connectivity index (χ3n) is 2.69. The average Bonchev–Trinajstić information content (AvgIpc) is 2.45. The Morgan fingerprint density at radius 2 is 2.05 bits per heavy atom. The lowest BCUT2D eigenvalue weighted by atomic mass is 10.2. The zero-order valence-corrected chi connectivity index (χ0v) is 12.6. The van der Waals surface area contributed by atoms with E-state index in [0.717, 1.165) is 6.07 Å². The van der Waals surface area contributed by atoms with Crippen molar-refractivity contribution in [2.45, 2.75) is 6.61 Å². The van der Waals surface area contributed by atoms with E-state index in [1.54, 1.807) is 25.3 Å². The first kappa shape index (κ1) is 15.2. The van der Waals surface area contributed by atoms with Crippen molar-refractivity contribution in [1.29, 1.82) is 0 Å². The number of nitrogens with zero attached hydrogens (tertiary/aromatic N) is 1. The van der Waals surface area contributed by atoms with Gasteiger partial charge in [-0.05, 0) is 45.8 Å². The van der Waals surface area contributed by atoms with E-state index in [1.807, 2.05) is 0 Å².